The smallest absolute Gasteiger partial charge is 0.253 e. The number of nitrogens with zero attached hydrogens (tertiary/aromatic N) is 1. The average Bonchev–Trinajstić information content (AvgIpc) is 2.44. The van der Waals surface area contributed by atoms with Gasteiger partial charge in [-0.15, -0.1) is 0 Å². The molecular weight excluding hydrogens is 252 g/mol. The largest absolute Gasteiger partial charge is 0.508 e. The highest BCUT2D eigenvalue weighted by Crippen LogP contribution is 2.15. The molecule has 2 aromatic carbocycles. The predicted molar refractivity (Wildman–Crippen MR) is 79.9 cm³/mol. The number of anilines is 1. The highest BCUT2D eigenvalue weighted by molar-refractivity contribution is 5.94. The molecule has 20 heavy (non-hydrogen) atoms. The Morgan fingerprint density at radius 3 is 2.60 bits per heavy atom. The fourth-order valence-electron chi connectivity index (χ4n) is 1.89. The van der Waals surface area contributed by atoms with Crippen LogP contribution in [0.5, 0.6) is 5.75 Å². The monoisotopic (exact) mass is 270 g/mol. The van der Waals surface area contributed by atoms with Crippen molar-refractivity contribution >= 4 is 11.6 Å². The van der Waals surface area contributed by atoms with Crippen LogP contribution in [0.2, 0.25) is 0 Å². The number of amides is 1. The number of nitrogens with one attached hydrogen (secondary N) is 1. The summed E-state index contributed by atoms with van der Waals surface area (Å²) < 4.78 is 0. The SMILES string of the molecule is CN(C)C(=O)c1cccc(NCc2cccc(O)c2)c1. The number of benzene rings is 2. The molecule has 0 fully saturated rings. The fourth-order valence-corrected chi connectivity index (χ4v) is 1.89. The number of hydrogen-bond donors (Lipinski definition) is 2. The lowest BCUT2D eigenvalue weighted by atomic mass is 10.1. The Bertz CT molecular complexity index is 609. The molecule has 0 aromatic heterocycles. The molecule has 0 heterocycles. The van der Waals surface area contributed by atoms with Crippen molar-refractivity contribution in [2.24, 2.45) is 0 Å². The third-order valence-electron chi connectivity index (χ3n) is 2.92. The molecule has 0 spiro atoms. The molecule has 0 saturated carbocycles. The summed E-state index contributed by atoms with van der Waals surface area (Å²) in [5, 5.41) is 12.7. The topological polar surface area (TPSA) is 52.6 Å². The molecule has 4 heteroatoms. The van der Waals surface area contributed by atoms with Gasteiger partial charge in [-0.05, 0) is 35.9 Å². The summed E-state index contributed by atoms with van der Waals surface area (Å²) in [6.07, 6.45) is 0. The number of aromatic hydroxyl groups is 1. The molecule has 0 aliphatic carbocycles. The predicted octanol–water partition coefficient (Wildman–Crippen LogP) is 2.71. The van der Waals surface area contributed by atoms with Gasteiger partial charge < -0.3 is 15.3 Å². The quantitative estimate of drug-likeness (QED) is 0.898. The van der Waals surface area contributed by atoms with E-state index in [9.17, 15) is 9.90 Å². The summed E-state index contributed by atoms with van der Waals surface area (Å²) in [6.45, 7) is 0.591. The van der Waals surface area contributed by atoms with Crippen molar-refractivity contribution in [2.75, 3.05) is 19.4 Å². The van der Waals surface area contributed by atoms with Crippen molar-refractivity contribution in [3.8, 4) is 5.75 Å². The zero-order valence-electron chi connectivity index (χ0n) is 11.6. The van der Waals surface area contributed by atoms with Crippen molar-refractivity contribution in [1.29, 1.82) is 0 Å². The van der Waals surface area contributed by atoms with Crippen LogP contribution in [0.15, 0.2) is 48.5 Å². The first kappa shape index (κ1) is 13.9. The summed E-state index contributed by atoms with van der Waals surface area (Å²) in [5.74, 6) is 0.229. The standard InChI is InChI=1S/C16H18N2O2/c1-18(2)16(20)13-6-4-7-14(10-13)17-11-12-5-3-8-15(19)9-12/h3-10,17,19H,11H2,1-2H3. The number of carbonyl (C=O) groups is 1. The first-order valence-electron chi connectivity index (χ1n) is 6.40. The number of rotatable bonds is 4. The van der Waals surface area contributed by atoms with Crippen molar-refractivity contribution in [3.05, 3.63) is 59.7 Å². The van der Waals surface area contributed by atoms with Crippen LogP contribution in [0.25, 0.3) is 0 Å². The van der Waals surface area contributed by atoms with Crippen LogP contribution in [0, 0.1) is 0 Å². The Labute approximate surface area is 118 Å². The van der Waals surface area contributed by atoms with Gasteiger partial charge in [0.1, 0.15) is 5.75 Å². The third-order valence-corrected chi connectivity index (χ3v) is 2.92. The molecule has 0 unspecified atom stereocenters. The first-order chi connectivity index (χ1) is 9.56. The summed E-state index contributed by atoms with van der Waals surface area (Å²) in [5.41, 5.74) is 2.51. The Morgan fingerprint density at radius 1 is 1.15 bits per heavy atom. The molecule has 0 bridgehead atoms. The van der Waals surface area contributed by atoms with Crippen LogP contribution in [0.1, 0.15) is 15.9 Å². The normalized spacial score (nSPS) is 10.1. The Morgan fingerprint density at radius 2 is 1.90 bits per heavy atom. The molecule has 0 radical (unpaired) electrons. The van der Waals surface area contributed by atoms with Crippen LogP contribution in [-0.4, -0.2) is 30.0 Å². The van der Waals surface area contributed by atoms with Crippen molar-refractivity contribution < 1.29 is 9.90 Å². The number of carbonyl (C=O) groups excluding carboxylic acids is 1. The maximum atomic E-state index is 11.9. The van der Waals surface area contributed by atoms with E-state index in [1.165, 1.54) is 0 Å². The number of hydrogen-bond acceptors (Lipinski definition) is 3. The van der Waals surface area contributed by atoms with E-state index in [0.717, 1.165) is 11.3 Å². The van der Waals surface area contributed by atoms with Gasteiger partial charge in [-0.1, -0.05) is 18.2 Å². The third kappa shape index (κ3) is 3.51. The zero-order valence-corrected chi connectivity index (χ0v) is 11.6. The zero-order chi connectivity index (χ0) is 14.5. The first-order valence-corrected chi connectivity index (χ1v) is 6.40. The maximum Gasteiger partial charge on any atom is 0.253 e. The molecular formula is C16H18N2O2. The molecule has 2 rings (SSSR count). The minimum absolute atomic E-state index is 0.0222. The van der Waals surface area contributed by atoms with E-state index in [-0.39, 0.29) is 11.7 Å². The minimum Gasteiger partial charge on any atom is -0.508 e. The summed E-state index contributed by atoms with van der Waals surface area (Å²) in [4.78, 5) is 13.4. The van der Waals surface area contributed by atoms with E-state index in [1.807, 2.05) is 24.3 Å². The second-order valence-corrected chi connectivity index (χ2v) is 4.80. The minimum atomic E-state index is -0.0222. The average molecular weight is 270 g/mol. The maximum absolute atomic E-state index is 11.9. The van der Waals surface area contributed by atoms with Gasteiger partial charge in [0.15, 0.2) is 0 Å². The van der Waals surface area contributed by atoms with Crippen LogP contribution in [-0.2, 0) is 6.54 Å². The highest BCUT2D eigenvalue weighted by atomic mass is 16.3. The van der Waals surface area contributed by atoms with Gasteiger partial charge >= 0.3 is 0 Å². The van der Waals surface area contributed by atoms with E-state index < -0.39 is 0 Å². The molecule has 0 aliphatic rings. The van der Waals surface area contributed by atoms with Crippen LogP contribution in [0.4, 0.5) is 5.69 Å². The van der Waals surface area contributed by atoms with E-state index in [4.69, 9.17) is 0 Å². The van der Waals surface area contributed by atoms with Gasteiger partial charge in [0.25, 0.3) is 5.91 Å². The van der Waals surface area contributed by atoms with E-state index >= 15 is 0 Å². The lowest BCUT2D eigenvalue weighted by Gasteiger charge is -2.12. The van der Waals surface area contributed by atoms with Crippen molar-refractivity contribution in [1.82, 2.24) is 4.90 Å². The summed E-state index contributed by atoms with van der Waals surface area (Å²) >= 11 is 0. The Hall–Kier alpha value is -2.49. The molecule has 2 N–H and O–H groups in total. The van der Waals surface area contributed by atoms with Crippen LogP contribution in [0.3, 0.4) is 0 Å². The van der Waals surface area contributed by atoms with Gasteiger partial charge in [0.2, 0.25) is 0 Å². The molecule has 0 atom stereocenters. The van der Waals surface area contributed by atoms with E-state index in [0.29, 0.717) is 12.1 Å². The second-order valence-electron chi connectivity index (χ2n) is 4.80. The van der Waals surface area contributed by atoms with E-state index in [1.54, 1.807) is 43.3 Å². The van der Waals surface area contributed by atoms with Crippen LogP contribution >= 0.6 is 0 Å². The van der Waals surface area contributed by atoms with Gasteiger partial charge in [-0.25, -0.2) is 0 Å². The summed E-state index contributed by atoms with van der Waals surface area (Å²) in [7, 11) is 3.46. The number of phenols is 1. The van der Waals surface area contributed by atoms with Gasteiger partial charge in [0.05, 0.1) is 0 Å². The molecule has 2 aromatic rings. The molecule has 1 amide bonds. The molecule has 0 aliphatic heterocycles. The lowest BCUT2D eigenvalue weighted by molar-refractivity contribution is 0.0827. The molecule has 104 valence electrons. The van der Waals surface area contributed by atoms with Crippen molar-refractivity contribution in [2.45, 2.75) is 6.54 Å². The Balaban J connectivity index is 2.07. The second kappa shape index (κ2) is 6.10. The lowest BCUT2D eigenvalue weighted by Crippen LogP contribution is -2.21. The molecule has 0 saturated heterocycles. The van der Waals surface area contributed by atoms with Gasteiger partial charge in [-0.3, -0.25) is 4.79 Å². The fraction of sp³-hybridized carbons (Fsp3) is 0.188. The Kier molecular flexibility index (Phi) is 4.25. The van der Waals surface area contributed by atoms with Crippen LogP contribution < -0.4 is 5.32 Å². The van der Waals surface area contributed by atoms with Gasteiger partial charge in [0, 0.05) is 31.9 Å². The molecule has 4 nitrogen and oxygen atoms in total. The number of phenolic OH excluding ortho intramolecular Hbond substituents is 1. The van der Waals surface area contributed by atoms with Crippen molar-refractivity contribution in [3.63, 3.8) is 0 Å². The van der Waals surface area contributed by atoms with E-state index in [2.05, 4.69) is 5.32 Å². The summed E-state index contributed by atoms with van der Waals surface area (Å²) in [6, 6.07) is 14.5. The highest BCUT2D eigenvalue weighted by Gasteiger charge is 2.07. The van der Waals surface area contributed by atoms with Gasteiger partial charge in [-0.2, -0.15) is 0 Å².